The minimum atomic E-state index is 0.283. The molecule has 0 atom stereocenters. The molecular formula is C12H16BrClN2. The van der Waals surface area contributed by atoms with E-state index in [0.717, 1.165) is 10.3 Å². The van der Waals surface area contributed by atoms with Gasteiger partial charge in [-0.2, -0.15) is 0 Å². The van der Waals surface area contributed by atoms with Gasteiger partial charge in [0.05, 0.1) is 5.02 Å². The molecule has 0 bridgehead atoms. The van der Waals surface area contributed by atoms with Crippen LogP contribution in [0, 0.1) is 10.8 Å². The topological polar surface area (TPSA) is 24.9 Å². The first-order valence-electron chi connectivity index (χ1n) is 5.34. The molecule has 1 aromatic rings. The predicted octanol–water partition coefficient (Wildman–Crippen LogP) is 4.34. The van der Waals surface area contributed by atoms with Gasteiger partial charge in [0.2, 0.25) is 0 Å². The van der Waals surface area contributed by atoms with Crippen molar-refractivity contribution in [2.75, 3.05) is 5.32 Å². The number of halogens is 2. The van der Waals surface area contributed by atoms with Gasteiger partial charge in [0.1, 0.15) is 5.82 Å². The maximum absolute atomic E-state index is 6.13. The number of anilines is 1. The van der Waals surface area contributed by atoms with Gasteiger partial charge in [-0.15, -0.1) is 0 Å². The molecule has 0 aliphatic heterocycles. The third kappa shape index (κ3) is 1.74. The monoisotopic (exact) mass is 302 g/mol. The lowest BCUT2D eigenvalue weighted by Gasteiger charge is -2.09. The molecule has 0 saturated heterocycles. The zero-order valence-corrected chi connectivity index (χ0v) is 12.3. The molecule has 1 fully saturated rings. The predicted molar refractivity (Wildman–Crippen MR) is 71.9 cm³/mol. The van der Waals surface area contributed by atoms with Gasteiger partial charge in [-0.25, -0.2) is 4.98 Å². The lowest BCUT2D eigenvalue weighted by Crippen LogP contribution is -2.11. The fourth-order valence-electron chi connectivity index (χ4n) is 2.21. The van der Waals surface area contributed by atoms with Crippen molar-refractivity contribution in [3.8, 4) is 0 Å². The molecule has 4 heteroatoms. The number of pyridine rings is 1. The Morgan fingerprint density at radius 3 is 2.31 bits per heavy atom. The van der Waals surface area contributed by atoms with Gasteiger partial charge in [0.15, 0.2) is 0 Å². The molecule has 0 aromatic carbocycles. The summed E-state index contributed by atoms with van der Waals surface area (Å²) in [5.74, 6) is 0.772. The molecule has 1 aromatic heterocycles. The molecule has 0 amide bonds. The van der Waals surface area contributed by atoms with Crippen LogP contribution in [0.25, 0.3) is 0 Å². The van der Waals surface area contributed by atoms with E-state index >= 15 is 0 Å². The SMILES string of the molecule is CC1(C)C(Nc2ncc(Br)cc2Cl)C1(C)C. The molecule has 88 valence electrons. The van der Waals surface area contributed by atoms with Crippen LogP contribution in [0.5, 0.6) is 0 Å². The summed E-state index contributed by atoms with van der Waals surface area (Å²) in [7, 11) is 0. The van der Waals surface area contributed by atoms with Crippen molar-refractivity contribution in [1.82, 2.24) is 4.98 Å². The molecule has 1 aliphatic rings. The van der Waals surface area contributed by atoms with E-state index in [1.54, 1.807) is 6.20 Å². The third-order valence-electron chi connectivity index (χ3n) is 4.11. The summed E-state index contributed by atoms with van der Waals surface area (Å²) in [5, 5.41) is 4.09. The van der Waals surface area contributed by atoms with Gasteiger partial charge >= 0.3 is 0 Å². The smallest absolute Gasteiger partial charge is 0.145 e. The van der Waals surface area contributed by atoms with E-state index in [2.05, 4.69) is 53.9 Å². The second-order valence-corrected chi connectivity index (χ2v) is 6.83. The second kappa shape index (κ2) is 3.61. The van der Waals surface area contributed by atoms with E-state index in [9.17, 15) is 0 Å². The van der Waals surface area contributed by atoms with Crippen molar-refractivity contribution in [3.63, 3.8) is 0 Å². The number of nitrogens with one attached hydrogen (secondary N) is 1. The highest BCUT2D eigenvalue weighted by atomic mass is 79.9. The number of hydrogen-bond acceptors (Lipinski definition) is 2. The van der Waals surface area contributed by atoms with Crippen LogP contribution in [0.2, 0.25) is 5.02 Å². The average molecular weight is 304 g/mol. The largest absolute Gasteiger partial charge is 0.365 e. The second-order valence-electron chi connectivity index (χ2n) is 5.50. The summed E-state index contributed by atoms with van der Waals surface area (Å²) < 4.78 is 0.900. The zero-order chi connectivity index (χ0) is 12.1. The van der Waals surface area contributed by atoms with E-state index < -0.39 is 0 Å². The van der Waals surface area contributed by atoms with Crippen LogP contribution in [0.3, 0.4) is 0 Å². The van der Waals surface area contributed by atoms with Gasteiger partial charge in [-0.05, 0) is 32.8 Å². The molecule has 0 unspecified atom stereocenters. The molecule has 16 heavy (non-hydrogen) atoms. The Balaban J connectivity index is 2.18. The highest BCUT2D eigenvalue weighted by Gasteiger charge is 2.65. The van der Waals surface area contributed by atoms with Crippen LogP contribution in [0.4, 0.5) is 5.82 Å². The quantitative estimate of drug-likeness (QED) is 0.879. The lowest BCUT2D eigenvalue weighted by atomic mass is 10.0. The molecule has 0 radical (unpaired) electrons. The standard InChI is InChI=1S/C12H16BrClN2/c1-11(2)10(12(11,3)4)16-9-8(14)5-7(13)6-15-9/h5-6,10H,1-4H3,(H,15,16). The number of aromatic nitrogens is 1. The van der Waals surface area contributed by atoms with E-state index in [4.69, 9.17) is 11.6 Å². The summed E-state index contributed by atoms with van der Waals surface area (Å²) in [6.45, 7) is 9.05. The van der Waals surface area contributed by atoms with E-state index in [0.29, 0.717) is 11.1 Å². The molecule has 2 nitrogen and oxygen atoms in total. The average Bonchev–Trinajstić information content (AvgIpc) is 2.52. The van der Waals surface area contributed by atoms with Crippen LogP contribution in [-0.4, -0.2) is 11.0 Å². The van der Waals surface area contributed by atoms with Crippen molar-refractivity contribution in [3.05, 3.63) is 21.8 Å². The van der Waals surface area contributed by atoms with Gasteiger partial charge in [0, 0.05) is 16.7 Å². The van der Waals surface area contributed by atoms with Crippen molar-refractivity contribution >= 4 is 33.3 Å². The zero-order valence-electron chi connectivity index (χ0n) is 9.94. The lowest BCUT2D eigenvalue weighted by molar-refractivity contribution is 0.457. The fourth-order valence-corrected chi connectivity index (χ4v) is 2.90. The van der Waals surface area contributed by atoms with Crippen molar-refractivity contribution in [2.24, 2.45) is 10.8 Å². The van der Waals surface area contributed by atoms with Crippen LogP contribution in [-0.2, 0) is 0 Å². The number of nitrogens with zero attached hydrogens (tertiary/aromatic N) is 1. The van der Waals surface area contributed by atoms with E-state index in [1.165, 1.54) is 0 Å². The Bertz CT molecular complexity index is 415. The first kappa shape index (κ1) is 12.2. The van der Waals surface area contributed by atoms with Crippen LogP contribution >= 0.6 is 27.5 Å². The van der Waals surface area contributed by atoms with E-state index in [-0.39, 0.29) is 10.8 Å². The first-order valence-corrected chi connectivity index (χ1v) is 6.51. The molecular weight excluding hydrogens is 288 g/mol. The number of hydrogen-bond donors (Lipinski definition) is 1. The first-order chi connectivity index (χ1) is 7.26. The minimum absolute atomic E-state index is 0.283. The maximum Gasteiger partial charge on any atom is 0.145 e. The van der Waals surface area contributed by atoms with Gasteiger partial charge in [-0.1, -0.05) is 39.3 Å². The Kier molecular flexibility index (Phi) is 2.75. The third-order valence-corrected chi connectivity index (χ3v) is 4.83. The Labute approximate surface area is 110 Å². The minimum Gasteiger partial charge on any atom is -0.365 e. The maximum atomic E-state index is 6.13. The molecule has 2 rings (SSSR count). The summed E-state index contributed by atoms with van der Waals surface area (Å²) in [6.07, 6.45) is 1.76. The molecule has 0 spiro atoms. The van der Waals surface area contributed by atoms with Gasteiger partial charge in [-0.3, -0.25) is 0 Å². The van der Waals surface area contributed by atoms with Crippen LogP contribution < -0.4 is 5.32 Å². The molecule has 1 aliphatic carbocycles. The molecule has 1 heterocycles. The number of rotatable bonds is 2. The van der Waals surface area contributed by atoms with Gasteiger partial charge < -0.3 is 5.32 Å². The highest BCUT2D eigenvalue weighted by molar-refractivity contribution is 9.10. The van der Waals surface area contributed by atoms with Crippen LogP contribution in [0.1, 0.15) is 27.7 Å². The Morgan fingerprint density at radius 1 is 1.31 bits per heavy atom. The van der Waals surface area contributed by atoms with Crippen molar-refractivity contribution in [1.29, 1.82) is 0 Å². The van der Waals surface area contributed by atoms with Gasteiger partial charge in [0.25, 0.3) is 0 Å². The van der Waals surface area contributed by atoms with E-state index in [1.807, 2.05) is 6.07 Å². The van der Waals surface area contributed by atoms with Crippen molar-refractivity contribution < 1.29 is 0 Å². The molecule has 1 saturated carbocycles. The summed E-state index contributed by atoms with van der Waals surface area (Å²) in [5.41, 5.74) is 0.566. The summed E-state index contributed by atoms with van der Waals surface area (Å²) in [4.78, 5) is 4.30. The molecule has 1 N–H and O–H groups in total. The normalized spacial score (nSPS) is 21.9. The Morgan fingerprint density at radius 2 is 1.88 bits per heavy atom. The van der Waals surface area contributed by atoms with Crippen molar-refractivity contribution in [2.45, 2.75) is 33.7 Å². The summed E-state index contributed by atoms with van der Waals surface area (Å²) >= 11 is 9.48. The fraction of sp³-hybridized carbons (Fsp3) is 0.583. The Hall–Kier alpha value is -0.280. The summed E-state index contributed by atoms with van der Waals surface area (Å²) in [6, 6.07) is 2.28. The highest BCUT2D eigenvalue weighted by Crippen LogP contribution is 2.63. The van der Waals surface area contributed by atoms with Crippen LogP contribution in [0.15, 0.2) is 16.7 Å².